The number of unbranched alkanes of at least 4 members (excludes halogenated alkanes) is 1. The van der Waals surface area contributed by atoms with Crippen LogP contribution in [-0.2, 0) is 14.1 Å². The van der Waals surface area contributed by atoms with Crippen molar-refractivity contribution in [2.75, 3.05) is 6.16 Å². The molecule has 0 aromatic carbocycles. The lowest BCUT2D eigenvalue weighted by Gasteiger charge is -2.04. The summed E-state index contributed by atoms with van der Waals surface area (Å²) >= 11 is 0. The maximum atomic E-state index is 10.8. The van der Waals surface area contributed by atoms with Gasteiger partial charge in [0.1, 0.15) is 5.76 Å². The van der Waals surface area contributed by atoms with Crippen molar-refractivity contribution in [3.8, 4) is 0 Å². The molecule has 0 saturated heterocycles. The predicted molar refractivity (Wildman–Crippen MR) is 90.4 cm³/mol. The van der Waals surface area contributed by atoms with Gasteiger partial charge in [0.25, 0.3) is 0 Å². The van der Waals surface area contributed by atoms with E-state index in [0.717, 1.165) is 12.8 Å². The second-order valence-corrected chi connectivity index (χ2v) is 6.15. The van der Waals surface area contributed by atoms with Crippen LogP contribution in [-0.4, -0.2) is 21.9 Å². The first-order chi connectivity index (χ1) is 10.2. The van der Waals surface area contributed by atoms with Gasteiger partial charge in [0.05, 0.1) is 0 Å². The molecule has 2 N–H and O–H groups in total. The maximum Gasteiger partial charge on any atom is 0.325 e. The number of rotatable bonds is 8. The van der Waals surface area contributed by atoms with Gasteiger partial charge in [0, 0.05) is 18.7 Å². The van der Waals surface area contributed by atoms with Gasteiger partial charge in [-0.25, -0.2) is 0 Å². The van der Waals surface area contributed by atoms with Crippen LogP contribution in [0.4, 0.5) is 0 Å². The average molecular weight is 330 g/mol. The third-order valence-electron chi connectivity index (χ3n) is 2.29. The van der Waals surface area contributed by atoms with Crippen molar-refractivity contribution in [2.24, 2.45) is 0 Å². The molecular formula is C16H27O5P. The van der Waals surface area contributed by atoms with Crippen molar-refractivity contribution < 1.29 is 23.9 Å². The smallest absolute Gasteiger partial charge is 0.325 e. The second kappa shape index (κ2) is 13.3. The van der Waals surface area contributed by atoms with E-state index in [1.165, 1.54) is 6.92 Å². The molecule has 0 saturated carbocycles. The Morgan fingerprint density at radius 1 is 1.23 bits per heavy atom. The first kappa shape index (κ1) is 22.9. The quantitative estimate of drug-likeness (QED) is 0.303. The van der Waals surface area contributed by atoms with E-state index in [4.69, 9.17) is 14.5 Å². The zero-order valence-electron chi connectivity index (χ0n) is 13.6. The molecule has 126 valence electrons. The molecule has 22 heavy (non-hydrogen) atoms. The molecule has 0 aliphatic carbocycles. The highest BCUT2D eigenvalue weighted by Crippen LogP contribution is 2.35. The van der Waals surface area contributed by atoms with Gasteiger partial charge >= 0.3 is 13.6 Å². The van der Waals surface area contributed by atoms with Crippen LogP contribution in [0.25, 0.3) is 0 Å². The fourth-order valence-electron chi connectivity index (χ4n) is 1.22. The highest BCUT2D eigenvalue weighted by atomic mass is 31.2. The van der Waals surface area contributed by atoms with Crippen molar-refractivity contribution in [3.05, 3.63) is 48.8 Å². The normalized spacial score (nSPS) is 10.4. The number of hydrogen-bond donors (Lipinski definition) is 2. The number of hydrogen-bond acceptors (Lipinski definition) is 3. The molecule has 0 aliphatic heterocycles. The third-order valence-corrected chi connectivity index (χ3v) is 3.18. The predicted octanol–water partition coefficient (Wildman–Crippen LogP) is 4.11. The molecule has 5 nitrogen and oxygen atoms in total. The molecular weight excluding hydrogens is 303 g/mol. The summed E-state index contributed by atoms with van der Waals surface area (Å²) in [5.41, 5.74) is 0.713. The third kappa shape index (κ3) is 15.0. The molecule has 0 spiro atoms. The van der Waals surface area contributed by atoms with Gasteiger partial charge in [-0.1, -0.05) is 51.7 Å². The van der Waals surface area contributed by atoms with E-state index in [0.29, 0.717) is 17.8 Å². The Kier molecular flexibility index (Phi) is 13.8. The summed E-state index contributed by atoms with van der Waals surface area (Å²) in [6.45, 7) is 12.5. The summed E-state index contributed by atoms with van der Waals surface area (Å²) in [5, 5.41) is 0. The molecule has 0 amide bonds. The molecule has 6 heteroatoms. The van der Waals surface area contributed by atoms with Gasteiger partial charge in [-0.2, -0.15) is 0 Å². The van der Waals surface area contributed by atoms with E-state index in [9.17, 15) is 9.36 Å². The second-order valence-electron chi connectivity index (χ2n) is 4.37. The fourth-order valence-corrected chi connectivity index (χ4v) is 1.95. The van der Waals surface area contributed by atoms with E-state index in [1.807, 2.05) is 19.9 Å². The molecule has 0 heterocycles. The number of allylic oxidation sites excluding steroid dienone is 5. The summed E-state index contributed by atoms with van der Waals surface area (Å²) in [6.07, 6.45) is 9.23. The summed E-state index contributed by atoms with van der Waals surface area (Å²) in [4.78, 5) is 27.3. The highest BCUT2D eigenvalue weighted by molar-refractivity contribution is 7.51. The summed E-state index contributed by atoms with van der Waals surface area (Å²) in [5.74, 6) is 0.145. The zero-order valence-corrected chi connectivity index (χ0v) is 14.5. The molecule has 0 atom stereocenters. The van der Waals surface area contributed by atoms with E-state index in [2.05, 4.69) is 13.2 Å². The first-order valence-electron chi connectivity index (χ1n) is 7.10. The molecule has 0 bridgehead atoms. The minimum atomic E-state index is -3.68. The van der Waals surface area contributed by atoms with Crippen LogP contribution < -0.4 is 0 Å². The van der Waals surface area contributed by atoms with Gasteiger partial charge < -0.3 is 14.5 Å². The van der Waals surface area contributed by atoms with Gasteiger partial charge in [-0.3, -0.25) is 9.36 Å². The minimum absolute atomic E-state index is 0.0312. The van der Waals surface area contributed by atoms with E-state index < -0.39 is 7.60 Å². The molecule has 0 aromatic rings. The Hall–Kier alpha value is -1.42. The van der Waals surface area contributed by atoms with Crippen LogP contribution in [0.15, 0.2) is 48.8 Å². The van der Waals surface area contributed by atoms with Crippen molar-refractivity contribution in [1.82, 2.24) is 0 Å². The van der Waals surface area contributed by atoms with Crippen molar-refractivity contribution in [3.63, 3.8) is 0 Å². The first-order valence-corrected chi connectivity index (χ1v) is 8.90. The number of esters is 1. The van der Waals surface area contributed by atoms with Crippen LogP contribution in [0, 0.1) is 0 Å². The SMILES string of the molecule is C=CC(C=C)=C(/C=C\CC)OC(C)=O.CCCCP(=O)(O)O. The lowest BCUT2D eigenvalue weighted by atomic mass is 10.2. The monoisotopic (exact) mass is 330 g/mol. The van der Waals surface area contributed by atoms with Gasteiger partial charge in [-0.05, 0) is 18.9 Å². The number of carbonyl (C=O) groups excluding carboxylic acids is 1. The molecule has 0 fully saturated rings. The van der Waals surface area contributed by atoms with Crippen LogP contribution in [0.5, 0.6) is 0 Å². The molecule has 0 radical (unpaired) electrons. The standard InChI is InChI=1S/C12H16O2.C4H11O3P/c1-5-8-9-12(14-10(4)13)11(6-2)7-3;1-2-3-4-8(5,6)7/h6-9H,2-3,5H2,1,4H3;2-4H2,1H3,(H2,5,6,7)/b9-8-;. The average Bonchev–Trinajstić information content (AvgIpc) is 2.43. The summed E-state index contributed by atoms with van der Waals surface area (Å²) in [7, 11) is -3.68. The lowest BCUT2D eigenvalue weighted by molar-refractivity contribution is -0.136. The van der Waals surface area contributed by atoms with E-state index in [1.54, 1.807) is 18.2 Å². The molecule has 0 rings (SSSR count). The minimum Gasteiger partial charge on any atom is -0.426 e. The van der Waals surface area contributed by atoms with E-state index >= 15 is 0 Å². The van der Waals surface area contributed by atoms with Gasteiger partial charge in [0.2, 0.25) is 0 Å². The topological polar surface area (TPSA) is 83.8 Å². The van der Waals surface area contributed by atoms with Crippen LogP contribution in [0.1, 0.15) is 40.0 Å². The molecule has 0 aliphatic rings. The lowest BCUT2D eigenvalue weighted by Crippen LogP contribution is -1.99. The molecule has 0 unspecified atom stereocenters. The Morgan fingerprint density at radius 2 is 1.77 bits per heavy atom. The molecule has 0 aromatic heterocycles. The van der Waals surface area contributed by atoms with Gasteiger partial charge in [-0.15, -0.1) is 0 Å². The van der Waals surface area contributed by atoms with Crippen molar-refractivity contribution >= 4 is 13.6 Å². The van der Waals surface area contributed by atoms with Crippen LogP contribution in [0.3, 0.4) is 0 Å². The number of ether oxygens (including phenoxy) is 1. The zero-order chi connectivity index (χ0) is 17.6. The highest BCUT2D eigenvalue weighted by Gasteiger charge is 2.09. The van der Waals surface area contributed by atoms with Crippen LogP contribution >= 0.6 is 7.60 Å². The van der Waals surface area contributed by atoms with Crippen LogP contribution in [0.2, 0.25) is 0 Å². The summed E-state index contributed by atoms with van der Waals surface area (Å²) in [6, 6.07) is 0. The van der Waals surface area contributed by atoms with Gasteiger partial charge in [0.15, 0.2) is 0 Å². The Labute approximate surface area is 133 Å². The van der Waals surface area contributed by atoms with E-state index in [-0.39, 0.29) is 12.1 Å². The van der Waals surface area contributed by atoms with Crippen molar-refractivity contribution in [1.29, 1.82) is 0 Å². The fraction of sp³-hybridized carbons (Fsp3) is 0.438. The summed E-state index contributed by atoms with van der Waals surface area (Å²) < 4.78 is 15.1. The maximum absolute atomic E-state index is 10.8. The number of carbonyl (C=O) groups is 1. The van der Waals surface area contributed by atoms with Crippen molar-refractivity contribution in [2.45, 2.75) is 40.0 Å². The largest absolute Gasteiger partial charge is 0.426 e. The Balaban J connectivity index is 0. The Bertz CT molecular complexity index is 447. The Morgan fingerprint density at radius 3 is 2.05 bits per heavy atom.